The molecule has 0 bridgehead atoms. The molecule has 0 saturated carbocycles. The first-order chi connectivity index (χ1) is 9.95. The highest BCUT2D eigenvalue weighted by molar-refractivity contribution is 7.98. The van der Waals surface area contributed by atoms with Gasteiger partial charge in [-0.1, -0.05) is 23.9 Å². The van der Waals surface area contributed by atoms with Crippen molar-refractivity contribution in [2.45, 2.75) is 17.1 Å². The molecule has 0 amide bonds. The summed E-state index contributed by atoms with van der Waals surface area (Å²) >= 11 is 0.960. The number of hydrogen-bond donors (Lipinski definition) is 1. The molecule has 2 N–H and O–H groups in total. The summed E-state index contributed by atoms with van der Waals surface area (Å²) in [5.74, 6) is 4.65. The smallest absolute Gasteiger partial charge is 0.440 e. The Morgan fingerprint density at radius 1 is 1.24 bits per heavy atom. The lowest BCUT2D eigenvalue weighted by Crippen LogP contribution is -2.21. The zero-order valence-corrected chi connectivity index (χ0v) is 11.1. The number of thioether (sulfide) groups is 1. The molecule has 110 valence electrons. The van der Waals surface area contributed by atoms with Crippen molar-refractivity contribution in [3.05, 3.63) is 36.0 Å². The van der Waals surface area contributed by atoms with Gasteiger partial charge in [0.1, 0.15) is 5.52 Å². The number of nitrogens with zero attached hydrogens (tertiary/aromatic N) is 4. The number of benzene rings is 1. The molecule has 0 aliphatic rings. The number of halogens is 3. The van der Waals surface area contributed by atoms with Gasteiger partial charge in [0.25, 0.3) is 5.82 Å². The predicted octanol–water partition coefficient (Wildman–Crippen LogP) is 2.44. The first-order valence-electron chi connectivity index (χ1n) is 5.70. The average Bonchev–Trinajstić information content (AvgIpc) is 2.98. The molecule has 1 aromatic carbocycles. The first kappa shape index (κ1) is 13.7. The maximum atomic E-state index is 12.5. The molecule has 6 nitrogen and oxygen atoms in total. The number of fused-ring (bicyclic) bond motifs is 1. The molecule has 0 spiro atoms. The lowest BCUT2D eigenvalue weighted by atomic mass is 10.3. The van der Waals surface area contributed by atoms with Gasteiger partial charge in [0.15, 0.2) is 5.58 Å². The summed E-state index contributed by atoms with van der Waals surface area (Å²) in [5.41, 5.74) is 1.29. The fraction of sp³-hybridized carbons (Fsp3) is 0.182. The maximum absolute atomic E-state index is 12.5. The third kappa shape index (κ3) is 2.66. The lowest BCUT2D eigenvalue weighted by Gasteiger charge is -2.05. The van der Waals surface area contributed by atoms with Crippen molar-refractivity contribution in [3.63, 3.8) is 0 Å². The van der Waals surface area contributed by atoms with E-state index in [0.29, 0.717) is 21.7 Å². The zero-order chi connectivity index (χ0) is 15.0. The molecule has 2 heterocycles. The highest BCUT2D eigenvalue weighted by Gasteiger charge is 2.38. The van der Waals surface area contributed by atoms with Gasteiger partial charge in [0.05, 0.1) is 5.75 Å². The van der Waals surface area contributed by atoms with E-state index >= 15 is 0 Å². The summed E-state index contributed by atoms with van der Waals surface area (Å²) < 4.78 is 43.4. The van der Waals surface area contributed by atoms with Crippen LogP contribution < -0.4 is 5.84 Å². The second kappa shape index (κ2) is 4.95. The Labute approximate surface area is 120 Å². The Morgan fingerprint density at radius 2 is 2.00 bits per heavy atom. The average molecular weight is 315 g/mol. The van der Waals surface area contributed by atoms with Crippen LogP contribution in [0.15, 0.2) is 33.8 Å². The number of rotatable bonds is 3. The summed E-state index contributed by atoms with van der Waals surface area (Å²) in [6.45, 7) is 0. The van der Waals surface area contributed by atoms with Crippen molar-refractivity contribution < 1.29 is 17.6 Å². The standard InChI is InChI=1S/C11H8F3N5OS/c12-11(13,14)9-17-18-10(19(9)15)21-5-8-16-6-3-1-2-4-7(6)20-8/h1-4H,5,15H2. The van der Waals surface area contributed by atoms with Gasteiger partial charge in [0.2, 0.25) is 11.0 Å². The number of alkyl halides is 3. The molecule has 21 heavy (non-hydrogen) atoms. The summed E-state index contributed by atoms with van der Waals surface area (Å²) in [6, 6.07) is 7.15. The summed E-state index contributed by atoms with van der Waals surface area (Å²) in [4.78, 5) is 4.21. The summed E-state index contributed by atoms with van der Waals surface area (Å²) in [6.07, 6.45) is -4.64. The van der Waals surface area contributed by atoms with E-state index in [1.165, 1.54) is 0 Å². The van der Waals surface area contributed by atoms with Crippen LogP contribution in [0, 0.1) is 0 Å². The van der Waals surface area contributed by atoms with Crippen LogP contribution in [0.5, 0.6) is 0 Å². The van der Waals surface area contributed by atoms with Crippen LogP contribution in [-0.2, 0) is 11.9 Å². The number of nitrogen functional groups attached to an aromatic ring is 1. The molecule has 3 rings (SSSR count). The van der Waals surface area contributed by atoms with Crippen LogP contribution in [0.3, 0.4) is 0 Å². The minimum atomic E-state index is -4.64. The third-order valence-electron chi connectivity index (χ3n) is 2.58. The lowest BCUT2D eigenvalue weighted by molar-refractivity contribution is -0.146. The van der Waals surface area contributed by atoms with Crippen molar-refractivity contribution in [2.24, 2.45) is 0 Å². The van der Waals surface area contributed by atoms with Gasteiger partial charge < -0.3 is 10.3 Å². The molecule has 10 heteroatoms. The number of para-hydroxylation sites is 2. The molecule has 3 aromatic rings. The Hall–Kier alpha value is -2.23. The molecule has 0 unspecified atom stereocenters. The van der Waals surface area contributed by atoms with Gasteiger partial charge in [-0.25, -0.2) is 9.66 Å². The van der Waals surface area contributed by atoms with Gasteiger partial charge in [-0.15, -0.1) is 10.2 Å². The third-order valence-corrected chi connectivity index (χ3v) is 3.51. The fourth-order valence-corrected chi connectivity index (χ4v) is 2.38. The SMILES string of the molecule is Nn1c(SCc2nc3ccccc3o2)nnc1C(F)(F)F. The largest absolute Gasteiger partial charge is 0.453 e. The van der Waals surface area contributed by atoms with E-state index in [1.807, 2.05) is 6.07 Å². The van der Waals surface area contributed by atoms with E-state index in [9.17, 15) is 13.2 Å². The van der Waals surface area contributed by atoms with Gasteiger partial charge in [-0.3, -0.25) is 0 Å². The number of nitrogens with two attached hydrogens (primary N) is 1. The fourth-order valence-electron chi connectivity index (χ4n) is 1.68. The minimum Gasteiger partial charge on any atom is -0.440 e. The van der Waals surface area contributed by atoms with Crippen LogP contribution >= 0.6 is 11.8 Å². The van der Waals surface area contributed by atoms with E-state index < -0.39 is 12.0 Å². The summed E-state index contributed by atoms with van der Waals surface area (Å²) in [7, 11) is 0. The Bertz CT molecular complexity index is 749. The van der Waals surface area contributed by atoms with E-state index in [2.05, 4.69) is 15.2 Å². The van der Waals surface area contributed by atoms with Crippen molar-refractivity contribution in [2.75, 3.05) is 5.84 Å². The van der Waals surface area contributed by atoms with Crippen LogP contribution in [0.4, 0.5) is 13.2 Å². The molecule has 0 radical (unpaired) electrons. The van der Waals surface area contributed by atoms with Gasteiger partial charge >= 0.3 is 6.18 Å². The van der Waals surface area contributed by atoms with Crippen LogP contribution in [0.25, 0.3) is 11.1 Å². The van der Waals surface area contributed by atoms with E-state index in [0.717, 1.165) is 11.8 Å². The Morgan fingerprint density at radius 3 is 2.67 bits per heavy atom. The van der Waals surface area contributed by atoms with Crippen molar-refractivity contribution in [3.8, 4) is 0 Å². The number of oxazole rings is 1. The second-order valence-corrected chi connectivity index (χ2v) is 4.98. The molecular weight excluding hydrogens is 307 g/mol. The number of aromatic nitrogens is 4. The molecule has 0 atom stereocenters. The van der Waals surface area contributed by atoms with Crippen LogP contribution in [0.2, 0.25) is 0 Å². The first-order valence-corrected chi connectivity index (χ1v) is 6.68. The van der Waals surface area contributed by atoms with Crippen molar-refractivity contribution in [1.29, 1.82) is 0 Å². The minimum absolute atomic E-state index is 0.0652. The summed E-state index contributed by atoms with van der Waals surface area (Å²) in [5, 5.41) is 6.38. The second-order valence-electron chi connectivity index (χ2n) is 4.04. The number of hydrogen-bond acceptors (Lipinski definition) is 6. The molecule has 0 saturated heterocycles. The Kier molecular flexibility index (Phi) is 3.24. The van der Waals surface area contributed by atoms with Gasteiger partial charge in [-0.2, -0.15) is 13.2 Å². The molecule has 0 aliphatic carbocycles. The topological polar surface area (TPSA) is 82.8 Å². The highest BCUT2D eigenvalue weighted by atomic mass is 32.2. The molecule has 0 aliphatic heterocycles. The van der Waals surface area contributed by atoms with Crippen LogP contribution in [-0.4, -0.2) is 19.9 Å². The molecule has 0 fully saturated rings. The van der Waals surface area contributed by atoms with Crippen molar-refractivity contribution >= 4 is 22.9 Å². The van der Waals surface area contributed by atoms with Crippen molar-refractivity contribution in [1.82, 2.24) is 19.9 Å². The van der Waals surface area contributed by atoms with Gasteiger partial charge in [0, 0.05) is 0 Å². The maximum Gasteiger partial charge on any atom is 0.453 e. The molecule has 2 aromatic heterocycles. The Balaban J connectivity index is 1.77. The monoisotopic (exact) mass is 315 g/mol. The molecular formula is C11H8F3N5OS. The zero-order valence-electron chi connectivity index (χ0n) is 10.3. The van der Waals surface area contributed by atoms with E-state index in [-0.39, 0.29) is 10.9 Å². The predicted molar refractivity (Wildman–Crippen MR) is 68.7 cm³/mol. The van der Waals surface area contributed by atoms with Gasteiger partial charge in [-0.05, 0) is 12.1 Å². The van der Waals surface area contributed by atoms with E-state index in [1.54, 1.807) is 18.2 Å². The highest BCUT2D eigenvalue weighted by Crippen LogP contribution is 2.30. The quantitative estimate of drug-likeness (QED) is 0.590. The van der Waals surface area contributed by atoms with Crippen LogP contribution in [0.1, 0.15) is 11.7 Å². The normalized spacial score (nSPS) is 12.1. The van der Waals surface area contributed by atoms with E-state index in [4.69, 9.17) is 10.3 Å².